The van der Waals surface area contributed by atoms with Gasteiger partial charge in [0.2, 0.25) is 15.0 Å². The number of carbonyl (C=O) groups is 2. The molecule has 1 N–H and O–H groups in total. The predicted octanol–water partition coefficient (Wildman–Crippen LogP) is 6.02. The van der Waals surface area contributed by atoms with Crippen LogP contribution in [0.4, 0.5) is 32.5 Å². The molecule has 12 nitrogen and oxygen atoms in total. The highest BCUT2D eigenvalue weighted by Gasteiger charge is 2.37. The molecule has 0 bridgehead atoms. The summed E-state index contributed by atoms with van der Waals surface area (Å²) in [4.78, 5) is 40.2. The van der Waals surface area contributed by atoms with E-state index in [1.165, 1.54) is 0 Å². The third-order valence-corrected chi connectivity index (χ3v) is 8.03. The average Bonchev–Trinajstić information content (AvgIpc) is 2.93. The van der Waals surface area contributed by atoms with Crippen LogP contribution in [-0.4, -0.2) is 66.1 Å². The van der Waals surface area contributed by atoms with Gasteiger partial charge in [-0.3, -0.25) is 15.1 Å². The Hall–Kier alpha value is -4.23. The van der Waals surface area contributed by atoms with E-state index in [9.17, 15) is 18.0 Å². The Labute approximate surface area is 264 Å². The van der Waals surface area contributed by atoms with Crippen molar-refractivity contribution in [2.45, 2.75) is 76.9 Å². The molecule has 2 aliphatic rings. The van der Waals surface area contributed by atoms with Crippen LogP contribution in [0.1, 0.15) is 65.1 Å². The molecule has 0 spiro atoms. The van der Waals surface area contributed by atoms with E-state index in [1.807, 2.05) is 56.0 Å². The van der Waals surface area contributed by atoms with Gasteiger partial charge in [-0.25, -0.2) is 28.0 Å². The van der Waals surface area contributed by atoms with Gasteiger partial charge >= 0.3 is 12.2 Å². The molecule has 3 aromatic rings. The number of para-hydroxylation sites is 1. The third-order valence-electron chi connectivity index (χ3n) is 7.17. The number of anilines is 4. The van der Waals surface area contributed by atoms with Gasteiger partial charge in [-0.15, -0.1) is 0 Å². The zero-order chi connectivity index (χ0) is 32.7. The van der Waals surface area contributed by atoms with E-state index in [4.69, 9.17) is 9.47 Å². The van der Waals surface area contributed by atoms with Crippen LogP contribution in [0, 0.1) is 0 Å². The fourth-order valence-corrected chi connectivity index (χ4v) is 5.93. The largest absolute Gasteiger partial charge is 0.444 e. The van der Waals surface area contributed by atoms with Crippen molar-refractivity contribution in [3.05, 3.63) is 65.9 Å². The number of carbonyl (C=O) groups excluding carboxylic acids is 2. The van der Waals surface area contributed by atoms with Crippen LogP contribution in [0.25, 0.3) is 0 Å². The fraction of sp³-hybridized carbons (Fsp3) is 0.438. The Bertz CT molecular complexity index is 1720. The summed E-state index contributed by atoms with van der Waals surface area (Å²) in [5.74, 6) is 0.468. The molecular formula is C32H40N6O6S. The molecule has 1 unspecified atom stereocenters. The zero-order valence-electron chi connectivity index (χ0n) is 26.7. The SMILES string of the molecule is CC(C)(C)OC(=O)Nc1cccc(N2CN(C3CCN(C(=O)OC(C)(C)C)c4ccccc43)Cc3cnc(S(C)(=O)=O)nc32)c1. The minimum Gasteiger partial charge on any atom is -0.444 e. The van der Waals surface area contributed by atoms with Gasteiger partial charge < -0.3 is 14.4 Å². The molecule has 2 aromatic carbocycles. The maximum atomic E-state index is 13.1. The van der Waals surface area contributed by atoms with E-state index in [-0.39, 0.29) is 11.2 Å². The van der Waals surface area contributed by atoms with Gasteiger partial charge in [-0.1, -0.05) is 24.3 Å². The second-order valence-electron chi connectivity index (χ2n) is 13.3. The lowest BCUT2D eigenvalue weighted by atomic mass is 9.94. The Balaban J connectivity index is 1.51. The molecule has 0 saturated heterocycles. The van der Waals surface area contributed by atoms with Crippen LogP contribution in [0.3, 0.4) is 0 Å². The highest BCUT2D eigenvalue weighted by molar-refractivity contribution is 7.90. The number of ether oxygens (including phenoxy) is 2. The van der Waals surface area contributed by atoms with Crippen molar-refractivity contribution in [3.63, 3.8) is 0 Å². The quantitative estimate of drug-likeness (QED) is 0.339. The average molecular weight is 637 g/mol. The van der Waals surface area contributed by atoms with E-state index in [2.05, 4.69) is 20.2 Å². The summed E-state index contributed by atoms with van der Waals surface area (Å²) in [6.07, 6.45) is 2.30. The molecule has 2 amide bonds. The number of aromatic nitrogens is 2. The number of sulfone groups is 1. The maximum absolute atomic E-state index is 13.1. The van der Waals surface area contributed by atoms with E-state index >= 15 is 0 Å². The molecule has 0 aliphatic carbocycles. The van der Waals surface area contributed by atoms with Gasteiger partial charge in [-0.2, -0.15) is 0 Å². The first-order valence-electron chi connectivity index (χ1n) is 14.8. The summed E-state index contributed by atoms with van der Waals surface area (Å²) in [6, 6.07) is 14.9. The smallest absolute Gasteiger partial charge is 0.414 e. The molecule has 3 heterocycles. The molecule has 0 saturated carbocycles. The molecule has 1 atom stereocenters. The van der Waals surface area contributed by atoms with Crippen LogP contribution in [0.2, 0.25) is 0 Å². The van der Waals surface area contributed by atoms with Crippen molar-refractivity contribution < 1.29 is 27.5 Å². The number of hydrogen-bond donors (Lipinski definition) is 1. The van der Waals surface area contributed by atoms with Crippen LogP contribution in [0.15, 0.2) is 59.9 Å². The maximum Gasteiger partial charge on any atom is 0.414 e. The van der Waals surface area contributed by atoms with Gasteiger partial charge in [0.15, 0.2) is 0 Å². The molecule has 0 radical (unpaired) electrons. The van der Waals surface area contributed by atoms with Crippen LogP contribution < -0.4 is 15.1 Å². The number of nitrogens with one attached hydrogen (secondary N) is 1. The normalized spacial score (nSPS) is 17.3. The summed E-state index contributed by atoms with van der Waals surface area (Å²) < 4.78 is 36.0. The monoisotopic (exact) mass is 636 g/mol. The first kappa shape index (κ1) is 32.2. The van der Waals surface area contributed by atoms with Gasteiger partial charge in [0.25, 0.3) is 0 Å². The minimum atomic E-state index is -3.67. The number of benzene rings is 2. The molecule has 13 heteroatoms. The lowest BCUT2D eigenvalue weighted by Gasteiger charge is -2.44. The molecule has 45 heavy (non-hydrogen) atoms. The Morgan fingerprint density at radius 3 is 2.38 bits per heavy atom. The summed E-state index contributed by atoms with van der Waals surface area (Å²) in [6.45, 7) is 12.2. The third kappa shape index (κ3) is 7.54. The predicted molar refractivity (Wildman–Crippen MR) is 171 cm³/mol. The number of nitrogens with zero attached hydrogens (tertiary/aromatic N) is 5. The van der Waals surface area contributed by atoms with Gasteiger partial charge in [0.1, 0.15) is 17.0 Å². The Morgan fingerprint density at radius 1 is 0.978 bits per heavy atom. The van der Waals surface area contributed by atoms with Crippen molar-refractivity contribution in [2.24, 2.45) is 0 Å². The molecular weight excluding hydrogens is 596 g/mol. The second kappa shape index (κ2) is 11.9. The van der Waals surface area contributed by atoms with Crippen molar-refractivity contribution in [2.75, 3.05) is 34.6 Å². The highest BCUT2D eigenvalue weighted by atomic mass is 32.2. The van der Waals surface area contributed by atoms with Crippen molar-refractivity contribution >= 4 is 44.9 Å². The number of amides is 2. The van der Waals surface area contributed by atoms with E-state index in [0.29, 0.717) is 43.4 Å². The molecule has 1 aromatic heterocycles. The van der Waals surface area contributed by atoms with Gasteiger partial charge in [-0.05, 0) is 77.8 Å². The zero-order valence-corrected chi connectivity index (χ0v) is 27.5. The van der Waals surface area contributed by atoms with Crippen molar-refractivity contribution in [1.82, 2.24) is 14.9 Å². The van der Waals surface area contributed by atoms with Gasteiger partial charge in [0, 0.05) is 48.5 Å². The first-order chi connectivity index (χ1) is 21.0. The van der Waals surface area contributed by atoms with Gasteiger partial charge in [0.05, 0.1) is 12.4 Å². The van der Waals surface area contributed by atoms with Crippen LogP contribution in [-0.2, 0) is 25.9 Å². The van der Waals surface area contributed by atoms with E-state index in [0.717, 1.165) is 23.1 Å². The Morgan fingerprint density at radius 2 is 1.69 bits per heavy atom. The second-order valence-corrected chi connectivity index (χ2v) is 15.2. The minimum absolute atomic E-state index is 0.0757. The summed E-state index contributed by atoms with van der Waals surface area (Å²) in [7, 11) is -3.67. The molecule has 5 rings (SSSR count). The molecule has 240 valence electrons. The fourth-order valence-electron chi connectivity index (χ4n) is 5.44. The summed E-state index contributed by atoms with van der Waals surface area (Å²) in [5.41, 5.74) is 2.41. The highest BCUT2D eigenvalue weighted by Crippen LogP contribution is 2.42. The lowest BCUT2D eigenvalue weighted by molar-refractivity contribution is 0.0566. The molecule has 2 aliphatic heterocycles. The first-order valence-corrected chi connectivity index (χ1v) is 16.6. The number of fused-ring (bicyclic) bond motifs is 2. The standard InChI is InChI=1S/C32H40N6O6S/c1-31(2,3)43-29(39)34-22-11-10-12-23(17-22)38-20-36(19-21-18-33-28(35-27(21)38)45(7,41)42)25-15-16-37(30(40)44-32(4,5)6)26-14-9-8-13-24(25)26/h8-14,17-18,25H,15-16,19-20H2,1-7H3,(H,34,39). The van der Waals surface area contributed by atoms with E-state index in [1.54, 1.807) is 50.1 Å². The molecule has 0 fully saturated rings. The number of rotatable bonds is 4. The van der Waals surface area contributed by atoms with E-state index < -0.39 is 33.2 Å². The summed E-state index contributed by atoms with van der Waals surface area (Å²) >= 11 is 0. The topological polar surface area (TPSA) is 134 Å². The van der Waals surface area contributed by atoms with Crippen molar-refractivity contribution in [3.8, 4) is 0 Å². The summed E-state index contributed by atoms with van der Waals surface area (Å²) in [5, 5.41) is 2.51. The van der Waals surface area contributed by atoms with Crippen molar-refractivity contribution in [1.29, 1.82) is 0 Å². The van der Waals surface area contributed by atoms with Crippen LogP contribution in [0.5, 0.6) is 0 Å². The van der Waals surface area contributed by atoms with Crippen LogP contribution >= 0.6 is 0 Å². The Kier molecular flexibility index (Phi) is 8.53. The number of hydrogen-bond acceptors (Lipinski definition) is 10. The lowest BCUT2D eigenvalue weighted by Crippen LogP contribution is -2.47.